The van der Waals surface area contributed by atoms with Crippen molar-refractivity contribution in [2.24, 2.45) is 5.92 Å². The molecule has 0 bridgehead atoms. The maximum absolute atomic E-state index is 12.3. The van der Waals surface area contributed by atoms with Gasteiger partial charge in [-0.05, 0) is 32.6 Å². The van der Waals surface area contributed by atoms with E-state index in [0.29, 0.717) is 18.0 Å². The van der Waals surface area contributed by atoms with Gasteiger partial charge in [0.2, 0.25) is 0 Å². The van der Waals surface area contributed by atoms with Crippen LogP contribution in [0.4, 0.5) is 0 Å². The number of aromatic nitrogens is 1. The standard InChI is InChI=1S/C12H18N2O3/c1-8-3-4-10(6-15)5-14(8)12(16)11-9(2)17-7-13-11/h7-8,10,15H,3-6H2,1-2H3. The Morgan fingerprint density at radius 2 is 2.41 bits per heavy atom. The van der Waals surface area contributed by atoms with E-state index in [1.54, 1.807) is 11.8 Å². The van der Waals surface area contributed by atoms with Crippen LogP contribution in [-0.4, -0.2) is 40.1 Å². The van der Waals surface area contributed by atoms with Crippen LogP contribution >= 0.6 is 0 Å². The van der Waals surface area contributed by atoms with Gasteiger partial charge in [0.1, 0.15) is 5.76 Å². The first kappa shape index (κ1) is 12.1. The molecule has 0 aliphatic carbocycles. The quantitative estimate of drug-likeness (QED) is 0.841. The summed E-state index contributed by atoms with van der Waals surface area (Å²) in [5.41, 5.74) is 0.385. The van der Waals surface area contributed by atoms with Gasteiger partial charge in [0, 0.05) is 19.2 Å². The highest BCUT2D eigenvalue weighted by molar-refractivity contribution is 5.93. The summed E-state index contributed by atoms with van der Waals surface area (Å²) in [5, 5.41) is 9.19. The van der Waals surface area contributed by atoms with Crippen molar-refractivity contribution in [3.8, 4) is 0 Å². The van der Waals surface area contributed by atoms with Crippen LogP contribution in [0, 0.1) is 12.8 Å². The van der Waals surface area contributed by atoms with Gasteiger partial charge in [-0.2, -0.15) is 0 Å². The lowest BCUT2D eigenvalue weighted by Gasteiger charge is -2.37. The monoisotopic (exact) mass is 238 g/mol. The number of aliphatic hydroxyl groups excluding tert-OH is 1. The molecule has 1 amide bonds. The predicted octanol–water partition coefficient (Wildman–Crippen LogP) is 1.22. The zero-order chi connectivity index (χ0) is 12.4. The Morgan fingerprint density at radius 3 is 3.00 bits per heavy atom. The Balaban J connectivity index is 2.15. The molecule has 1 aliphatic rings. The van der Waals surface area contributed by atoms with Crippen LogP contribution in [0.1, 0.15) is 36.0 Å². The van der Waals surface area contributed by atoms with E-state index in [9.17, 15) is 9.90 Å². The summed E-state index contributed by atoms with van der Waals surface area (Å²) < 4.78 is 5.06. The molecule has 1 fully saturated rings. The van der Waals surface area contributed by atoms with Gasteiger partial charge in [-0.3, -0.25) is 4.79 Å². The number of aryl methyl sites for hydroxylation is 1. The maximum atomic E-state index is 12.3. The zero-order valence-electron chi connectivity index (χ0n) is 10.2. The molecule has 0 radical (unpaired) electrons. The number of rotatable bonds is 2. The highest BCUT2D eigenvalue weighted by Gasteiger charge is 2.31. The van der Waals surface area contributed by atoms with Crippen molar-refractivity contribution in [2.45, 2.75) is 32.7 Å². The number of carbonyl (C=O) groups is 1. The molecule has 0 aromatic carbocycles. The molecule has 17 heavy (non-hydrogen) atoms. The normalized spacial score (nSPS) is 25.0. The Morgan fingerprint density at radius 1 is 1.65 bits per heavy atom. The number of amides is 1. The Bertz CT molecular complexity index is 402. The number of hydrogen-bond acceptors (Lipinski definition) is 4. The van der Waals surface area contributed by atoms with Gasteiger partial charge >= 0.3 is 0 Å². The third kappa shape index (κ3) is 2.34. The van der Waals surface area contributed by atoms with Gasteiger partial charge in [0.05, 0.1) is 0 Å². The first-order chi connectivity index (χ1) is 8.13. The first-order valence-electron chi connectivity index (χ1n) is 5.95. The van der Waals surface area contributed by atoms with Crippen molar-refractivity contribution in [1.29, 1.82) is 0 Å². The van der Waals surface area contributed by atoms with Crippen LogP contribution in [0.15, 0.2) is 10.8 Å². The molecule has 0 spiro atoms. The molecule has 1 N–H and O–H groups in total. The SMILES string of the molecule is Cc1ocnc1C(=O)N1CC(CO)CCC1C. The molecule has 0 saturated carbocycles. The van der Waals surface area contributed by atoms with E-state index in [2.05, 4.69) is 4.98 Å². The molecule has 2 rings (SSSR count). The van der Waals surface area contributed by atoms with Crippen molar-refractivity contribution in [1.82, 2.24) is 9.88 Å². The minimum atomic E-state index is -0.0955. The highest BCUT2D eigenvalue weighted by atomic mass is 16.3. The molecule has 94 valence electrons. The van der Waals surface area contributed by atoms with Gasteiger partial charge in [0.15, 0.2) is 12.1 Å². The smallest absolute Gasteiger partial charge is 0.276 e. The van der Waals surface area contributed by atoms with E-state index >= 15 is 0 Å². The molecule has 2 heterocycles. The number of carbonyl (C=O) groups excluding carboxylic acids is 1. The Hall–Kier alpha value is -1.36. The third-order valence-electron chi connectivity index (χ3n) is 3.45. The average Bonchev–Trinajstić information content (AvgIpc) is 2.75. The van der Waals surface area contributed by atoms with Crippen LogP contribution in [0.25, 0.3) is 0 Å². The van der Waals surface area contributed by atoms with Crippen LogP contribution in [0.3, 0.4) is 0 Å². The van der Waals surface area contributed by atoms with Crippen LogP contribution in [0.2, 0.25) is 0 Å². The fraction of sp³-hybridized carbons (Fsp3) is 0.667. The lowest BCUT2D eigenvalue weighted by Crippen LogP contribution is -2.46. The van der Waals surface area contributed by atoms with E-state index in [-0.39, 0.29) is 24.5 Å². The zero-order valence-corrected chi connectivity index (χ0v) is 10.2. The number of nitrogens with zero attached hydrogens (tertiary/aromatic N) is 2. The van der Waals surface area contributed by atoms with E-state index in [4.69, 9.17) is 4.42 Å². The molecule has 1 aromatic heterocycles. The second kappa shape index (κ2) is 4.87. The topological polar surface area (TPSA) is 66.6 Å². The van der Waals surface area contributed by atoms with Gasteiger partial charge in [-0.15, -0.1) is 0 Å². The Labute approximate surface area is 100 Å². The average molecular weight is 238 g/mol. The van der Waals surface area contributed by atoms with Crippen molar-refractivity contribution in [3.05, 3.63) is 17.8 Å². The molecule has 1 aromatic rings. The highest BCUT2D eigenvalue weighted by Crippen LogP contribution is 2.23. The summed E-state index contributed by atoms with van der Waals surface area (Å²) in [7, 11) is 0. The van der Waals surface area contributed by atoms with Crippen molar-refractivity contribution in [3.63, 3.8) is 0 Å². The van der Waals surface area contributed by atoms with Crippen molar-refractivity contribution in [2.75, 3.05) is 13.2 Å². The van der Waals surface area contributed by atoms with Gasteiger partial charge in [-0.25, -0.2) is 4.98 Å². The first-order valence-corrected chi connectivity index (χ1v) is 5.95. The molecule has 1 aliphatic heterocycles. The lowest BCUT2D eigenvalue weighted by molar-refractivity contribution is 0.0482. The molecule has 5 heteroatoms. The molecular weight excluding hydrogens is 220 g/mol. The van der Waals surface area contributed by atoms with E-state index in [1.807, 2.05) is 6.92 Å². The van der Waals surface area contributed by atoms with Crippen LogP contribution < -0.4 is 0 Å². The molecule has 2 unspecified atom stereocenters. The van der Waals surface area contributed by atoms with Crippen LogP contribution in [-0.2, 0) is 0 Å². The van der Waals surface area contributed by atoms with Crippen LogP contribution in [0.5, 0.6) is 0 Å². The van der Waals surface area contributed by atoms with Gasteiger partial charge in [-0.1, -0.05) is 0 Å². The summed E-state index contributed by atoms with van der Waals surface area (Å²) in [6, 6.07) is 0.196. The lowest BCUT2D eigenvalue weighted by atomic mass is 9.94. The number of piperidine rings is 1. The van der Waals surface area contributed by atoms with Crippen molar-refractivity contribution >= 4 is 5.91 Å². The summed E-state index contributed by atoms with van der Waals surface area (Å²) >= 11 is 0. The second-order valence-electron chi connectivity index (χ2n) is 4.69. The third-order valence-corrected chi connectivity index (χ3v) is 3.45. The van der Waals surface area contributed by atoms with E-state index in [1.165, 1.54) is 6.39 Å². The number of hydrogen-bond donors (Lipinski definition) is 1. The Kier molecular flexibility index (Phi) is 3.47. The number of oxazole rings is 1. The minimum Gasteiger partial charge on any atom is -0.448 e. The largest absolute Gasteiger partial charge is 0.448 e. The summed E-state index contributed by atoms with van der Waals surface area (Å²) in [5.74, 6) is 0.637. The van der Waals surface area contributed by atoms with Gasteiger partial charge in [0.25, 0.3) is 5.91 Å². The van der Waals surface area contributed by atoms with Crippen molar-refractivity contribution < 1.29 is 14.3 Å². The fourth-order valence-electron chi connectivity index (χ4n) is 2.26. The van der Waals surface area contributed by atoms with E-state index < -0.39 is 0 Å². The summed E-state index contributed by atoms with van der Waals surface area (Å²) in [6.45, 7) is 4.50. The number of likely N-dealkylation sites (tertiary alicyclic amines) is 1. The number of aliphatic hydroxyl groups is 1. The molecule has 1 saturated heterocycles. The second-order valence-corrected chi connectivity index (χ2v) is 4.69. The predicted molar refractivity (Wildman–Crippen MR) is 61.5 cm³/mol. The fourth-order valence-corrected chi connectivity index (χ4v) is 2.26. The minimum absolute atomic E-state index is 0.0955. The van der Waals surface area contributed by atoms with Gasteiger partial charge < -0.3 is 14.4 Å². The summed E-state index contributed by atoms with van der Waals surface area (Å²) in [4.78, 5) is 18.0. The maximum Gasteiger partial charge on any atom is 0.276 e. The molecule has 2 atom stereocenters. The molecular formula is C12H18N2O3. The summed E-state index contributed by atoms with van der Waals surface area (Å²) in [6.07, 6.45) is 3.19. The van der Waals surface area contributed by atoms with E-state index in [0.717, 1.165) is 12.8 Å². The molecule has 5 nitrogen and oxygen atoms in total.